The number of benzene rings is 1. The van der Waals surface area contributed by atoms with Crippen molar-refractivity contribution in [3.8, 4) is 5.75 Å². The van der Waals surface area contributed by atoms with Gasteiger partial charge < -0.3 is 20.5 Å². The maximum atomic E-state index is 9.01. The summed E-state index contributed by atoms with van der Waals surface area (Å²) >= 11 is 0. The highest BCUT2D eigenvalue weighted by Gasteiger charge is 2.01. The maximum Gasteiger partial charge on any atom is 0.191 e. The van der Waals surface area contributed by atoms with Gasteiger partial charge in [0.25, 0.3) is 0 Å². The fourth-order valence-electron chi connectivity index (χ4n) is 1.62. The van der Waals surface area contributed by atoms with Crippen LogP contribution in [0.1, 0.15) is 19.4 Å². The van der Waals surface area contributed by atoms with E-state index in [2.05, 4.69) is 22.5 Å². The van der Waals surface area contributed by atoms with Crippen LogP contribution in [0, 0.1) is 12.8 Å². The average molecular weight is 293 g/mol. The molecule has 1 rings (SSSR count). The molecule has 0 fully saturated rings. The van der Waals surface area contributed by atoms with Gasteiger partial charge in [0, 0.05) is 19.7 Å². The van der Waals surface area contributed by atoms with Crippen molar-refractivity contribution in [2.45, 2.75) is 20.8 Å². The molecule has 3 N–H and O–H groups in total. The van der Waals surface area contributed by atoms with E-state index in [1.165, 1.54) is 5.56 Å². The van der Waals surface area contributed by atoms with Crippen LogP contribution < -0.4 is 15.4 Å². The summed E-state index contributed by atoms with van der Waals surface area (Å²) in [5, 5.41) is 15.4. The summed E-state index contributed by atoms with van der Waals surface area (Å²) in [4.78, 5) is 4.42. The molecule has 0 aliphatic rings. The quantitative estimate of drug-likeness (QED) is 0.386. The van der Waals surface area contributed by atoms with Gasteiger partial charge in [0.2, 0.25) is 0 Å². The molecule has 1 unspecified atom stereocenters. The Bertz CT molecular complexity index is 418. The van der Waals surface area contributed by atoms with E-state index >= 15 is 0 Å². The second-order valence-electron chi connectivity index (χ2n) is 5.10. The van der Waals surface area contributed by atoms with E-state index in [0.717, 1.165) is 18.3 Å². The zero-order chi connectivity index (χ0) is 15.5. The molecule has 0 radical (unpaired) electrons. The summed E-state index contributed by atoms with van der Waals surface area (Å²) in [6, 6.07) is 8.00. The highest BCUT2D eigenvalue weighted by Crippen LogP contribution is 2.10. The Morgan fingerprint density at radius 2 is 2.00 bits per heavy atom. The Morgan fingerprint density at radius 3 is 2.62 bits per heavy atom. The Kier molecular flexibility index (Phi) is 8.28. The monoisotopic (exact) mass is 293 g/mol. The minimum atomic E-state index is 0.152. The van der Waals surface area contributed by atoms with Crippen molar-refractivity contribution in [2.24, 2.45) is 10.9 Å². The van der Waals surface area contributed by atoms with Crippen LogP contribution in [0.3, 0.4) is 0 Å². The van der Waals surface area contributed by atoms with Crippen molar-refractivity contribution in [1.29, 1.82) is 0 Å². The molecule has 5 nitrogen and oxygen atoms in total. The summed E-state index contributed by atoms with van der Waals surface area (Å²) in [7, 11) is 0. The lowest BCUT2D eigenvalue weighted by Gasteiger charge is -2.13. The molecule has 1 atom stereocenters. The summed E-state index contributed by atoms with van der Waals surface area (Å²) in [5.41, 5.74) is 1.22. The summed E-state index contributed by atoms with van der Waals surface area (Å²) in [6.45, 7) is 8.85. The van der Waals surface area contributed by atoms with Gasteiger partial charge in [-0.3, -0.25) is 4.99 Å². The first-order valence-electron chi connectivity index (χ1n) is 7.48. The zero-order valence-electron chi connectivity index (χ0n) is 13.2. The lowest BCUT2D eigenvalue weighted by Crippen LogP contribution is -2.39. The van der Waals surface area contributed by atoms with Crippen molar-refractivity contribution in [2.75, 3.05) is 32.8 Å². The molecule has 0 aliphatic carbocycles. The van der Waals surface area contributed by atoms with Gasteiger partial charge in [0.05, 0.1) is 6.54 Å². The number of hydrogen-bond acceptors (Lipinski definition) is 3. The van der Waals surface area contributed by atoms with Crippen LogP contribution in [-0.2, 0) is 0 Å². The molecule has 21 heavy (non-hydrogen) atoms. The lowest BCUT2D eigenvalue weighted by molar-refractivity contribution is 0.241. The fraction of sp³-hybridized carbons (Fsp3) is 0.562. The molecule has 118 valence electrons. The van der Waals surface area contributed by atoms with Crippen LogP contribution >= 0.6 is 0 Å². The van der Waals surface area contributed by atoms with Crippen LogP contribution in [0.2, 0.25) is 0 Å². The topological polar surface area (TPSA) is 65.9 Å². The van der Waals surface area contributed by atoms with Gasteiger partial charge in [-0.15, -0.1) is 0 Å². The first-order chi connectivity index (χ1) is 10.2. The van der Waals surface area contributed by atoms with Gasteiger partial charge in [-0.25, -0.2) is 0 Å². The van der Waals surface area contributed by atoms with Crippen molar-refractivity contribution in [3.63, 3.8) is 0 Å². The number of aliphatic imine (C=N–C) groups is 1. The number of aryl methyl sites for hydroxylation is 1. The number of nitrogens with zero attached hydrogens (tertiary/aromatic N) is 1. The molecule has 1 aromatic rings. The van der Waals surface area contributed by atoms with E-state index in [9.17, 15) is 0 Å². The SMILES string of the molecule is CCNC(=NCC(C)CO)NCCOc1ccc(C)cc1. The molecular weight excluding hydrogens is 266 g/mol. The standard InChI is InChI=1S/C16H27N3O2/c1-4-17-16(19-11-14(3)12-20)18-9-10-21-15-7-5-13(2)6-8-15/h5-8,14,20H,4,9-12H2,1-3H3,(H2,17,18,19). The van der Waals surface area contributed by atoms with Crippen molar-refractivity contribution < 1.29 is 9.84 Å². The number of aliphatic hydroxyl groups is 1. The Labute approximate surface area is 127 Å². The van der Waals surface area contributed by atoms with E-state index in [-0.39, 0.29) is 12.5 Å². The molecule has 0 saturated carbocycles. The molecule has 1 aromatic carbocycles. The van der Waals surface area contributed by atoms with Crippen molar-refractivity contribution >= 4 is 5.96 Å². The van der Waals surface area contributed by atoms with Gasteiger partial charge in [0.15, 0.2) is 5.96 Å². The predicted molar refractivity (Wildman–Crippen MR) is 86.9 cm³/mol. The minimum absolute atomic E-state index is 0.152. The number of aliphatic hydroxyl groups excluding tert-OH is 1. The largest absolute Gasteiger partial charge is 0.492 e. The molecule has 0 bridgehead atoms. The average Bonchev–Trinajstić information content (AvgIpc) is 2.50. The third kappa shape index (κ3) is 7.56. The fourth-order valence-corrected chi connectivity index (χ4v) is 1.62. The van der Waals surface area contributed by atoms with Crippen molar-refractivity contribution in [3.05, 3.63) is 29.8 Å². The van der Waals surface area contributed by atoms with Gasteiger partial charge in [0.1, 0.15) is 12.4 Å². The first-order valence-corrected chi connectivity index (χ1v) is 7.48. The Morgan fingerprint density at radius 1 is 1.29 bits per heavy atom. The third-order valence-corrected chi connectivity index (χ3v) is 2.90. The van der Waals surface area contributed by atoms with Crippen LogP contribution in [0.4, 0.5) is 0 Å². The molecule has 0 heterocycles. The Hall–Kier alpha value is -1.75. The van der Waals surface area contributed by atoms with E-state index in [1.54, 1.807) is 0 Å². The van der Waals surface area contributed by atoms with E-state index < -0.39 is 0 Å². The number of hydrogen-bond donors (Lipinski definition) is 3. The molecule has 0 aliphatic heterocycles. The van der Waals surface area contributed by atoms with Gasteiger partial charge in [-0.2, -0.15) is 0 Å². The predicted octanol–water partition coefficient (Wildman–Crippen LogP) is 1.56. The van der Waals surface area contributed by atoms with Gasteiger partial charge in [-0.1, -0.05) is 24.6 Å². The molecule has 0 spiro atoms. The van der Waals surface area contributed by atoms with Crippen LogP contribution in [0.5, 0.6) is 5.75 Å². The summed E-state index contributed by atoms with van der Waals surface area (Å²) in [6.07, 6.45) is 0. The second kappa shape index (κ2) is 10.0. The zero-order valence-corrected chi connectivity index (χ0v) is 13.2. The number of guanidine groups is 1. The molecule has 0 aromatic heterocycles. The van der Waals surface area contributed by atoms with Gasteiger partial charge >= 0.3 is 0 Å². The van der Waals surface area contributed by atoms with Crippen LogP contribution in [0.25, 0.3) is 0 Å². The smallest absolute Gasteiger partial charge is 0.191 e. The van der Waals surface area contributed by atoms with Crippen LogP contribution in [0.15, 0.2) is 29.3 Å². The highest BCUT2D eigenvalue weighted by molar-refractivity contribution is 5.79. The van der Waals surface area contributed by atoms with Crippen LogP contribution in [-0.4, -0.2) is 43.9 Å². The van der Waals surface area contributed by atoms with E-state index in [4.69, 9.17) is 9.84 Å². The minimum Gasteiger partial charge on any atom is -0.492 e. The number of nitrogens with one attached hydrogen (secondary N) is 2. The van der Waals surface area contributed by atoms with Crippen molar-refractivity contribution in [1.82, 2.24) is 10.6 Å². The van der Waals surface area contributed by atoms with E-state index in [1.807, 2.05) is 38.1 Å². The van der Waals surface area contributed by atoms with Gasteiger partial charge in [-0.05, 0) is 31.9 Å². The molecular formula is C16H27N3O2. The maximum absolute atomic E-state index is 9.01. The van der Waals surface area contributed by atoms with E-state index in [0.29, 0.717) is 19.7 Å². The molecule has 0 amide bonds. The normalized spacial score (nSPS) is 12.9. The Balaban J connectivity index is 2.31. The second-order valence-corrected chi connectivity index (χ2v) is 5.10. The number of rotatable bonds is 8. The third-order valence-electron chi connectivity index (χ3n) is 2.90. The highest BCUT2D eigenvalue weighted by atomic mass is 16.5. The molecule has 5 heteroatoms. The summed E-state index contributed by atoms with van der Waals surface area (Å²) in [5.74, 6) is 1.80. The number of ether oxygens (including phenoxy) is 1. The first kappa shape index (κ1) is 17.3. The summed E-state index contributed by atoms with van der Waals surface area (Å²) < 4.78 is 5.65. The lowest BCUT2D eigenvalue weighted by atomic mass is 10.2. The molecule has 0 saturated heterocycles.